The lowest BCUT2D eigenvalue weighted by Gasteiger charge is -2.36. The van der Waals surface area contributed by atoms with Gasteiger partial charge in [0.15, 0.2) is 0 Å². The number of likely N-dealkylation sites (tertiary alicyclic amines) is 2. The molecule has 0 aromatic heterocycles. The molecule has 5 nitrogen and oxygen atoms in total. The predicted molar refractivity (Wildman–Crippen MR) is 108 cm³/mol. The van der Waals surface area contributed by atoms with E-state index in [-0.39, 0.29) is 37.9 Å². The molecule has 2 fully saturated rings. The molecule has 1 unspecified atom stereocenters. The summed E-state index contributed by atoms with van der Waals surface area (Å²) in [6.07, 6.45) is -7.56. The van der Waals surface area contributed by atoms with Crippen LogP contribution in [-0.4, -0.2) is 67.1 Å². The van der Waals surface area contributed by atoms with Crippen molar-refractivity contribution in [3.05, 3.63) is 35.1 Å². The molecule has 3 rings (SSSR count). The maximum absolute atomic E-state index is 13.5. The SMILES string of the molecule is O=C(NCC1CCN(C(=O)CN2CCCC(C(F)(F)F)C2)CC1)c1cc(F)cc(C(F)(F)F)c1. The predicted octanol–water partition coefficient (Wildman–Crippen LogP) is 4.09. The van der Waals surface area contributed by atoms with Crippen LogP contribution in [0.5, 0.6) is 0 Å². The summed E-state index contributed by atoms with van der Waals surface area (Å²) in [5.74, 6) is -3.69. The molecule has 1 N–H and O–H groups in total. The maximum atomic E-state index is 13.5. The Bertz CT molecular complexity index is 880. The Morgan fingerprint density at radius 1 is 0.971 bits per heavy atom. The van der Waals surface area contributed by atoms with Crippen molar-refractivity contribution in [1.29, 1.82) is 0 Å². The second-order valence-electron chi connectivity index (χ2n) is 8.88. The van der Waals surface area contributed by atoms with Gasteiger partial charge in [-0.25, -0.2) is 4.39 Å². The van der Waals surface area contributed by atoms with Crippen LogP contribution in [0.1, 0.15) is 41.6 Å². The second kappa shape index (κ2) is 10.5. The number of rotatable bonds is 5. The summed E-state index contributed by atoms with van der Waals surface area (Å²) >= 11 is 0. The molecule has 2 amide bonds. The number of nitrogens with zero attached hydrogens (tertiary/aromatic N) is 2. The molecule has 1 atom stereocenters. The van der Waals surface area contributed by atoms with Crippen molar-refractivity contribution < 1.29 is 40.3 Å². The fraction of sp³-hybridized carbons (Fsp3) is 0.636. The molecule has 2 heterocycles. The van der Waals surface area contributed by atoms with E-state index in [1.54, 1.807) is 4.90 Å². The normalized spacial score (nSPS) is 20.9. The van der Waals surface area contributed by atoms with E-state index in [1.807, 2.05) is 0 Å². The summed E-state index contributed by atoms with van der Waals surface area (Å²) in [6.45, 7) is 1.07. The van der Waals surface area contributed by atoms with E-state index in [1.165, 1.54) is 4.90 Å². The van der Waals surface area contributed by atoms with Crippen LogP contribution in [-0.2, 0) is 11.0 Å². The molecule has 0 bridgehead atoms. The number of nitrogens with one attached hydrogen (secondary N) is 1. The minimum Gasteiger partial charge on any atom is -0.352 e. The Balaban J connectivity index is 1.44. The molecule has 0 saturated carbocycles. The van der Waals surface area contributed by atoms with Gasteiger partial charge in [-0.3, -0.25) is 14.5 Å². The molecule has 34 heavy (non-hydrogen) atoms. The number of hydrogen-bond acceptors (Lipinski definition) is 3. The lowest BCUT2D eigenvalue weighted by atomic mass is 9.96. The average molecular weight is 497 g/mol. The number of alkyl halides is 6. The summed E-state index contributed by atoms with van der Waals surface area (Å²) < 4.78 is 90.9. The average Bonchev–Trinajstić information content (AvgIpc) is 2.76. The van der Waals surface area contributed by atoms with Crippen molar-refractivity contribution >= 4 is 11.8 Å². The lowest BCUT2D eigenvalue weighted by molar-refractivity contribution is -0.187. The van der Waals surface area contributed by atoms with E-state index in [0.29, 0.717) is 51.0 Å². The van der Waals surface area contributed by atoms with Crippen molar-refractivity contribution in [3.63, 3.8) is 0 Å². The highest BCUT2D eigenvalue weighted by Crippen LogP contribution is 2.33. The van der Waals surface area contributed by atoms with Crippen LogP contribution in [0.4, 0.5) is 30.7 Å². The fourth-order valence-corrected chi connectivity index (χ4v) is 4.37. The summed E-state index contributed by atoms with van der Waals surface area (Å²) in [5.41, 5.74) is -1.68. The second-order valence-corrected chi connectivity index (χ2v) is 8.88. The van der Waals surface area contributed by atoms with Gasteiger partial charge in [0.05, 0.1) is 18.0 Å². The number of benzene rings is 1. The molecule has 12 heteroatoms. The first-order valence-corrected chi connectivity index (χ1v) is 11.1. The van der Waals surface area contributed by atoms with Crippen LogP contribution in [0.2, 0.25) is 0 Å². The summed E-state index contributed by atoms with van der Waals surface area (Å²) in [7, 11) is 0. The molecule has 190 valence electrons. The highest BCUT2D eigenvalue weighted by Gasteiger charge is 2.42. The smallest absolute Gasteiger partial charge is 0.352 e. The molecular weight excluding hydrogens is 471 g/mol. The molecule has 2 aliphatic heterocycles. The fourth-order valence-electron chi connectivity index (χ4n) is 4.37. The highest BCUT2D eigenvalue weighted by molar-refractivity contribution is 5.94. The van der Waals surface area contributed by atoms with Crippen molar-refractivity contribution in [2.75, 3.05) is 39.3 Å². The quantitative estimate of drug-likeness (QED) is 0.624. The number of carbonyl (C=O) groups is 2. The first-order chi connectivity index (χ1) is 15.8. The molecule has 2 saturated heterocycles. The Labute approximate surface area is 192 Å². The number of hydrogen-bond donors (Lipinski definition) is 1. The zero-order chi connectivity index (χ0) is 25.1. The minimum absolute atomic E-state index is 0.0340. The third kappa shape index (κ3) is 7.07. The number of piperidine rings is 2. The van der Waals surface area contributed by atoms with E-state index in [0.717, 1.165) is 6.07 Å². The van der Waals surface area contributed by atoms with Gasteiger partial charge in [-0.1, -0.05) is 0 Å². The van der Waals surface area contributed by atoms with Crippen molar-refractivity contribution in [2.45, 2.75) is 38.0 Å². The highest BCUT2D eigenvalue weighted by atomic mass is 19.4. The molecule has 1 aromatic rings. The van der Waals surface area contributed by atoms with Crippen LogP contribution in [0.25, 0.3) is 0 Å². The number of amides is 2. The minimum atomic E-state index is -4.78. The lowest BCUT2D eigenvalue weighted by Crippen LogP contribution is -2.49. The molecule has 2 aliphatic rings. The van der Waals surface area contributed by atoms with Crippen molar-refractivity contribution in [3.8, 4) is 0 Å². The van der Waals surface area contributed by atoms with E-state index in [4.69, 9.17) is 0 Å². The third-order valence-electron chi connectivity index (χ3n) is 6.33. The molecular formula is C22H26F7N3O2. The zero-order valence-electron chi connectivity index (χ0n) is 18.3. The van der Waals surface area contributed by atoms with Crippen LogP contribution < -0.4 is 5.32 Å². The van der Waals surface area contributed by atoms with E-state index in [9.17, 15) is 40.3 Å². The van der Waals surface area contributed by atoms with Crippen LogP contribution in [0, 0.1) is 17.7 Å². The van der Waals surface area contributed by atoms with Gasteiger partial charge in [0.25, 0.3) is 5.91 Å². The maximum Gasteiger partial charge on any atom is 0.416 e. The van der Waals surface area contributed by atoms with Crippen LogP contribution in [0.15, 0.2) is 18.2 Å². The largest absolute Gasteiger partial charge is 0.416 e. The van der Waals surface area contributed by atoms with Gasteiger partial charge in [0.2, 0.25) is 5.91 Å². The molecule has 1 aromatic carbocycles. The number of halogens is 7. The van der Waals surface area contributed by atoms with Gasteiger partial charge >= 0.3 is 12.4 Å². The van der Waals surface area contributed by atoms with Crippen molar-refractivity contribution in [2.24, 2.45) is 11.8 Å². The Morgan fingerprint density at radius 3 is 2.26 bits per heavy atom. The summed E-state index contributed by atoms with van der Waals surface area (Å²) in [4.78, 5) is 27.9. The zero-order valence-corrected chi connectivity index (χ0v) is 18.3. The first-order valence-electron chi connectivity index (χ1n) is 11.1. The molecule has 0 spiro atoms. The van der Waals surface area contributed by atoms with Gasteiger partial charge in [-0.05, 0) is 56.3 Å². The first kappa shape index (κ1) is 26.2. The summed E-state index contributed by atoms with van der Waals surface area (Å²) in [6, 6.07) is 1.64. The van der Waals surface area contributed by atoms with Gasteiger partial charge in [0, 0.05) is 31.7 Å². The van der Waals surface area contributed by atoms with Gasteiger partial charge in [0.1, 0.15) is 5.82 Å². The number of carbonyl (C=O) groups excluding carboxylic acids is 2. The van der Waals surface area contributed by atoms with E-state index in [2.05, 4.69) is 5.32 Å². The van der Waals surface area contributed by atoms with E-state index >= 15 is 0 Å². The van der Waals surface area contributed by atoms with E-state index < -0.39 is 41.1 Å². The standard InChI is InChI=1S/C22H26F7N3O2/c23-18-9-15(8-17(10-18)22(27,28)29)20(34)30-11-14-3-6-32(7-4-14)19(33)13-31-5-1-2-16(12-31)21(24,25)26/h8-10,14,16H,1-7,11-13H2,(H,30,34). The Kier molecular flexibility index (Phi) is 8.10. The topological polar surface area (TPSA) is 52.7 Å². The third-order valence-corrected chi connectivity index (χ3v) is 6.33. The Hall–Kier alpha value is -2.37. The van der Waals surface area contributed by atoms with Crippen LogP contribution >= 0.6 is 0 Å². The van der Waals surface area contributed by atoms with Gasteiger partial charge in [-0.15, -0.1) is 0 Å². The Morgan fingerprint density at radius 2 is 1.65 bits per heavy atom. The molecule has 0 radical (unpaired) electrons. The summed E-state index contributed by atoms with van der Waals surface area (Å²) in [5, 5.41) is 2.51. The van der Waals surface area contributed by atoms with Gasteiger partial charge < -0.3 is 10.2 Å². The molecule has 0 aliphatic carbocycles. The van der Waals surface area contributed by atoms with Crippen LogP contribution in [0.3, 0.4) is 0 Å². The van der Waals surface area contributed by atoms with Crippen molar-refractivity contribution in [1.82, 2.24) is 15.1 Å². The monoisotopic (exact) mass is 497 g/mol. The van der Waals surface area contributed by atoms with Gasteiger partial charge in [-0.2, -0.15) is 26.3 Å².